The molecule has 3 rings (SSSR count). The highest BCUT2D eigenvalue weighted by Gasteiger charge is 2.16. The van der Waals surface area contributed by atoms with Gasteiger partial charge in [-0.25, -0.2) is 9.48 Å². The topological polar surface area (TPSA) is 83.0 Å². The fourth-order valence-electron chi connectivity index (χ4n) is 2.03. The average Bonchev–Trinajstić information content (AvgIpc) is 3.22. The Kier molecular flexibility index (Phi) is 4.72. The summed E-state index contributed by atoms with van der Waals surface area (Å²) in [5.41, 5.74) is 1.52. The Labute approximate surface area is 136 Å². The van der Waals surface area contributed by atoms with Gasteiger partial charge in [-0.1, -0.05) is 42.1 Å². The number of methoxy groups -OCH3 is 1. The van der Waals surface area contributed by atoms with Gasteiger partial charge in [0.25, 0.3) is 0 Å². The van der Waals surface area contributed by atoms with Crippen molar-refractivity contribution in [2.24, 2.45) is 0 Å². The molecule has 2 aromatic heterocycles. The van der Waals surface area contributed by atoms with Crippen LogP contribution in [0.25, 0.3) is 0 Å². The second-order valence-corrected chi connectivity index (χ2v) is 5.58. The third-order valence-corrected chi connectivity index (χ3v) is 4.11. The molecule has 0 unspecified atom stereocenters. The third kappa shape index (κ3) is 3.59. The normalized spacial score (nSPS) is 10.7. The summed E-state index contributed by atoms with van der Waals surface area (Å²) < 4.78 is 11.8. The van der Waals surface area contributed by atoms with Crippen molar-refractivity contribution >= 4 is 17.7 Å². The van der Waals surface area contributed by atoms with Gasteiger partial charge in [-0.3, -0.25) is 0 Å². The van der Waals surface area contributed by atoms with Crippen LogP contribution < -0.4 is 0 Å². The van der Waals surface area contributed by atoms with Crippen molar-refractivity contribution in [3.8, 4) is 0 Å². The number of rotatable bonds is 6. The van der Waals surface area contributed by atoms with Crippen LogP contribution in [0.5, 0.6) is 0 Å². The SMILES string of the molecule is COC(=O)c1ccoc1CSc1nnnn1Cc1ccccc1. The van der Waals surface area contributed by atoms with Crippen molar-refractivity contribution in [1.82, 2.24) is 20.2 Å². The van der Waals surface area contributed by atoms with Crippen LogP contribution in [0, 0.1) is 0 Å². The molecule has 0 radical (unpaired) electrons. The summed E-state index contributed by atoms with van der Waals surface area (Å²) in [5, 5.41) is 12.4. The molecule has 0 N–H and O–H groups in total. The van der Waals surface area contributed by atoms with Crippen molar-refractivity contribution < 1.29 is 13.9 Å². The Balaban J connectivity index is 1.69. The number of furan rings is 1. The second-order valence-electron chi connectivity index (χ2n) is 4.64. The van der Waals surface area contributed by atoms with E-state index in [-0.39, 0.29) is 0 Å². The standard InChI is InChI=1S/C15H14N4O3S/c1-21-14(20)12-7-8-22-13(12)10-23-15-16-17-18-19(15)9-11-5-3-2-4-6-11/h2-8H,9-10H2,1H3. The Bertz CT molecular complexity index is 785. The molecule has 0 aliphatic carbocycles. The van der Waals surface area contributed by atoms with Gasteiger partial charge in [0, 0.05) is 0 Å². The first-order valence-corrected chi connectivity index (χ1v) is 7.84. The monoisotopic (exact) mass is 330 g/mol. The van der Waals surface area contributed by atoms with E-state index in [0.29, 0.717) is 28.8 Å². The zero-order valence-corrected chi connectivity index (χ0v) is 13.2. The fourth-order valence-corrected chi connectivity index (χ4v) is 2.86. The number of benzene rings is 1. The van der Waals surface area contributed by atoms with Gasteiger partial charge >= 0.3 is 5.97 Å². The molecule has 0 bridgehead atoms. The number of carbonyl (C=O) groups is 1. The summed E-state index contributed by atoms with van der Waals surface area (Å²) in [6.07, 6.45) is 1.47. The van der Waals surface area contributed by atoms with Crippen LogP contribution >= 0.6 is 11.8 Å². The van der Waals surface area contributed by atoms with Crippen LogP contribution in [0.3, 0.4) is 0 Å². The predicted molar refractivity (Wildman–Crippen MR) is 83.0 cm³/mol. The van der Waals surface area contributed by atoms with E-state index >= 15 is 0 Å². The summed E-state index contributed by atoms with van der Waals surface area (Å²) in [5.74, 6) is 0.557. The van der Waals surface area contributed by atoms with Crippen molar-refractivity contribution in [2.45, 2.75) is 17.5 Å². The molecule has 0 fully saturated rings. The van der Waals surface area contributed by atoms with Gasteiger partial charge in [0.2, 0.25) is 5.16 Å². The van der Waals surface area contributed by atoms with Crippen molar-refractivity contribution in [3.05, 3.63) is 59.5 Å². The zero-order valence-electron chi connectivity index (χ0n) is 12.4. The zero-order chi connectivity index (χ0) is 16.1. The first kappa shape index (κ1) is 15.3. The molecule has 0 saturated carbocycles. The number of tetrazole rings is 1. The molecule has 3 aromatic rings. The van der Waals surface area contributed by atoms with Crippen LogP contribution in [0.15, 0.2) is 52.2 Å². The van der Waals surface area contributed by atoms with E-state index in [2.05, 4.69) is 15.5 Å². The van der Waals surface area contributed by atoms with Crippen LogP contribution in [0.2, 0.25) is 0 Å². The van der Waals surface area contributed by atoms with Crippen LogP contribution in [-0.2, 0) is 17.0 Å². The lowest BCUT2D eigenvalue weighted by molar-refractivity contribution is 0.0598. The Hall–Kier alpha value is -2.61. The van der Waals surface area contributed by atoms with Gasteiger partial charge in [0.05, 0.1) is 25.7 Å². The van der Waals surface area contributed by atoms with E-state index in [9.17, 15) is 4.79 Å². The molecule has 0 aliphatic heterocycles. The fraction of sp³-hybridized carbons (Fsp3) is 0.200. The summed E-state index contributed by atoms with van der Waals surface area (Å²) in [4.78, 5) is 11.6. The highest BCUT2D eigenvalue weighted by Crippen LogP contribution is 2.24. The molecule has 8 heteroatoms. The van der Waals surface area contributed by atoms with Gasteiger partial charge in [-0.15, -0.1) is 5.10 Å². The number of aromatic nitrogens is 4. The summed E-state index contributed by atoms with van der Waals surface area (Å²) in [7, 11) is 1.34. The molecule has 0 aliphatic rings. The average molecular weight is 330 g/mol. The van der Waals surface area contributed by atoms with Crippen LogP contribution in [-0.4, -0.2) is 33.3 Å². The number of esters is 1. The lowest BCUT2D eigenvalue weighted by Crippen LogP contribution is -2.05. The van der Waals surface area contributed by atoms with Gasteiger partial charge in [-0.05, 0) is 22.1 Å². The molecule has 0 amide bonds. The molecule has 23 heavy (non-hydrogen) atoms. The molecule has 0 spiro atoms. The number of ether oxygens (including phenoxy) is 1. The maximum atomic E-state index is 11.6. The Morgan fingerprint density at radius 3 is 2.91 bits per heavy atom. The van der Waals surface area contributed by atoms with Gasteiger partial charge in [0.1, 0.15) is 11.3 Å². The molecule has 0 atom stereocenters. The largest absolute Gasteiger partial charge is 0.468 e. The summed E-state index contributed by atoms with van der Waals surface area (Å²) in [6, 6.07) is 11.5. The maximum Gasteiger partial charge on any atom is 0.341 e. The minimum Gasteiger partial charge on any atom is -0.468 e. The van der Waals surface area contributed by atoms with Crippen molar-refractivity contribution in [3.63, 3.8) is 0 Å². The van der Waals surface area contributed by atoms with E-state index in [1.54, 1.807) is 10.7 Å². The van der Waals surface area contributed by atoms with Crippen LogP contribution in [0.4, 0.5) is 0 Å². The number of carbonyl (C=O) groups excluding carboxylic acids is 1. The maximum absolute atomic E-state index is 11.6. The van der Waals surface area contributed by atoms with Crippen LogP contribution in [0.1, 0.15) is 21.7 Å². The lowest BCUT2D eigenvalue weighted by Gasteiger charge is -2.04. The van der Waals surface area contributed by atoms with E-state index < -0.39 is 5.97 Å². The summed E-state index contributed by atoms with van der Waals surface area (Å²) >= 11 is 1.40. The number of thioether (sulfide) groups is 1. The third-order valence-electron chi connectivity index (χ3n) is 3.16. The number of nitrogens with zero attached hydrogens (tertiary/aromatic N) is 4. The van der Waals surface area contributed by atoms with Gasteiger partial charge in [0.15, 0.2) is 0 Å². The Morgan fingerprint density at radius 2 is 2.13 bits per heavy atom. The highest BCUT2D eigenvalue weighted by molar-refractivity contribution is 7.98. The van der Waals surface area contributed by atoms with E-state index in [1.165, 1.54) is 25.1 Å². The molecule has 7 nitrogen and oxygen atoms in total. The van der Waals surface area contributed by atoms with Gasteiger partial charge < -0.3 is 9.15 Å². The first-order chi connectivity index (χ1) is 11.3. The molecular weight excluding hydrogens is 316 g/mol. The second kappa shape index (κ2) is 7.10. The van der Waals surface area contributed by atoms with Crippen molar-refractivity contribution in [1.29, 1.82) is 0 Å². The van der Waals surface area contributed by atoms with E-state index in [1.807, 2.05) is 30.3 Å². The van der Waals surface area contributed by atoms with E-state index in [0.717, 1.165) is 5.56 Å². The quantitative estimate of drug-likeness (QED) is 0.507. The smallest absolute Gasteiger partial charge is 0.341 e. The van der Waals surface area contributed by atoms with Crippen molar-refractivity contribution in [2.75, 3.05) is 7.11 Å². The number of hydrogen-bond acceptors (Lipinski definition) is 7. The molecule has 2 heterocycles. The molecule has 1 aromatic carbocycles. The lowest BCUT2D eigenvalue weighted by atomic mass is 10.2. The minimum absolute atomic E-state index is 0.418. The predicted octanol–water partition coefficient (Wildman–Crippen LogP) is 2.39. The first-order valence-electron chi connectivity index (χ1n) is 6.85. The summed E-state index contributed by atoms with van der Waals surface area (Å²) in [6.45, 7) is 0.582. The molecule has 0 saturated heterocycles. The van der Waals surface area contributed by atoms with Gasteiger partial charge in [-0.2, -0.15) is 0 Å². The molecule has 118 valence electrons. The Morgan fingerprint density at radius 1 is 1.30 bits per heavy atom. The minimum atomic E-state index is -0.418. The number of hydrogen-bond donors (Lipinski definition) is 0. The molecular formula is C15H14N4O3S. The van der Waals surface area contributed by atoms with E-state index in [4.69, 9.17) is 9.15 Å². The highest BCUT2D eigenvalue weighted by atomic mass is 32.2.